The van der Waals surface area contributed by atoms with E-state index >= 15 is 0 Å². The fraction of sp³-hybridized carbons (Fsp3) is 0.417. The molecular formula is C24H25ClN2O5. The van der Waals surface area contributed by atoms with Crippen molar-refractivity contribution in [1.29, 1.82) is 0 Å². The zero-order valence-electron chi connectivity index (χ0n) is 17.8. The van der Waals surface area contributed by atoms with E-state index in [1.807, 2.05) is 24.3 Å². The molecule has 0 bridgehead atoms. The first-order chi connectivity index (χ1) is 15.5. The smallest absolute Gasteiger partial charge is 0.259 e. The lowest BCUT2D eigenvalue weighted by molar-refractivity contribution is -0.188. The van der Waals surface area contributed by atoms with Gasteiger partial charge in [0.2, 0.25) is 0 Å². The molecule has 0 N–H and O–H groups in total. The highest BCUT2D eigenvalue weighted by atomic mass is 35.5. The summed E-state index contributed by atoms with van der Waals surface area (Å²) in [4.78, 5) is 29.8. The summed E-state index contributed by atoms with van der Waals surface area (Å²) in [6, 6.07) is 11.5. The molecule has 2 unspecified atom stereocenters. The van der Waals surface area contributed by atoms with Crippen molar-refractivity contribution in [2.75, 3.05) is 38.3 Å². The Morgan fingerprint density at radius 1 is 1.12 bits per heavy atom. The lowest BCUT2D eigenvalue weighted by Gasteiger charge is -2.42. The summed E-state index contributed by atoms with van der Waals surface area (Å²) < 4.78 is 16.9. The molecule has 0 saturated carbocycles. The van der Waals surface area contributed by atoms with E-state index in [1.165, 1.54) is 0 Å². The lowest BCUT2D eigenvalue weighted by Crippen LogP contribution is -2.53. The number of carbonyl (C=O) groups is 2. The van der Waals surface area contributed by atoms with Crippen molar-refractivity contribution in [1.82, 2.24) is 4.90 Å². The minimum Gasteiger partial charge on any atom is -0.497 e. The van der Waals surface area contributed by atoms with E-state index in [0.717, 1.165) is 11.8 Å². The second-order valence-corrected chi connectivity index (χ2v) is 8.76. The number of hydrogen-bond donors (Lipinski definition) is 0. The third-order valence-electron chi connectivity index (χ3n) is 6.67. The Hall–Kier alpha value is -2.45. The van der Waals surface area contributed by atoms with Gasteiger partial charge in [-0.3, -0.25) is 14.6 Å². The predicted octanol–water partition coefficient (Wildman–Crippen LogP) is 3.46. The maximum Gasteiger partial charge on any atom is 0.259 e. The molecule has 2 saturated heterocycles. The van der Waals surface area contributed by atoms with Crippen molar-refractivity contribution < 1.29 is 23.8 Å². The first kappa shape index (κ1) is 21.4. The van der Waals surface area contributed by atoms with Gasteiger partial charge in [-0.2, -0.15) is 0 Å². The number of halogens is 1. The fourth-order valence-electron chi connectivity index (χ4n) is 5.03. The van der Waals surface area contributed by atoms with Gasteiger partial charge in [0.1, 0.15) is 12.0 Å². The lowest BCUT2D eigenvalue weighted by atomic mass is 9.94. The molecule has 0 radical (unpaired) electrons. The fourth-order valence-corrected chi connectivity index (χ4v) is 5.21. The summed E-state index contributed by atoms with van der Waals surface area (Å²) in [5.41, 5.74) is 2.04. The van der Waals surface area contributed by atoms with E-state index in [-0.39, 0.29) is 5.91 Å². The standard InChI is InChI=1S/C24H25ClN2O5/c1-30-18-5-3-17(4-6-18)27-22(20-14-16(25)2-7-19(20)23(27)29)21(15-28)26-10-8-24(9-11-26)31-12-13-32-24/h2-7,14-15,21-22H,8-13H2,1H3. The summed E-state index contributed by atoms with van der Waals surface area (Å²) >= 11 is 6.30. The molecule has 32 heavy (non-hydrogen) atoms. The Bertz CT molecular complexity index is 1010. The Balaban J connectivity index is 1.50. The molecule has 3 heterocycles. The zero-order chi connectivity index (χ0) is 22.3. The van der Waals surface area contributed by atoms with E-state index < -0.39 is 17.9 Å². The molecule has 5 rings (SSSR count). The van der Waals surface area contributed by atoms with Crippen molar-refractivity contribution in [3.8, 4) is 5.75 Å². The van der Waals surface area contributed by atoms with Crippen LogP contribution in [0.25, 0.3) is 0 Å². The number of carbonyl (C=O) groups excluding carboxylic acids is 2. The van der Waals surface area contributed by atoms with Crippen LogP contribution in [-0.2, 0) is 14.3 Å². The second-order valence-electron chi connectivity index (χ2n) is 8.32. The number of anilines is 1. The van der Waals surface area contributed by atoms with Crippen LogP contribution < -0.4 is 9.64 Å². The molecule has 2 aromatic carbocycles. The average molecular weight is 457 g/mol. The number of rotatable bonds is 5. The molecule has 168 valence electrons. The van der Waals surface area contributed by atoms with Gasteiger partial charge in [0.15, 0.2) is 5.79 Å². The first-order valence-electron chi connectivity index (χ1n) is 10.8. The van der Waals surface area contributed by atoms with E-state index in [4.69, 9.17) is 25.8 Å². The van der Waals surface area contributed by atoms with Gasteiger partial charge in [-0.1, -0.05) is 11.6 Å². The van der Waals surface area contributed by atoms with Crippen molar-refractivity contribution in [2.24, 2.45) is 0 Å². The molecular weight excluding hydrogens is 432 g/mol. The van der Waals surface area contributed by atoms with Crippen LogP contribution in [-0.4, -0.2) is 62.3 Å². The van der Waals surface area contributed by atoms with Gasteiger partial charge in [-0.15, -0.1) is 0 Å². The summed E-state index contributed by atoms with van der Waals surface area (Å²) in [6.07, 6.45) is 2.31. The molecule has 0 aromatic heterocycles. The molecule has 2 aromatic rings. The number of ether oxygens (including phenoxy) is 3. The normalized spacial score (nSPS) is 23.4. The summed E-state index contributed by atoms with van der Waals surface area (Å²) in [5.74, 6) is 0.0173. The molecule has 2 atom stereocenters. The third-order valence-corrected chi connectivity index (χ3v) is 6.90. The minimum absolute atomic E-state index is 0.144. The maximum absolute atomic E-state index is 13.5. The number of piperidine rings is 1. The topological polar surface area (TPSA) is 68.3 Å². The van der Waals surface area contributed by atoms with Gasteiger partial charge in [0, 0.05) is 42.2 Å². The Morgan fingerprint density at radius 2 is 1.81 bits per heavy atom. The highest BCUT2D eigenvalue weighted by Crippen LogP contribution is 2.43. The number of amides is 1. The number of benzene rings is 2. The number of likely N-dealkylation sites (tertiary alicyclic amines) is 1. The highest BCUT2D eigenvalue weighted by Gasteiger charge is 2.47. The third kappa shape index (κ3) is 3.59. The van der Waals surface area contributed by atoms with E-state index in [2.05, 4.69) is 4.90 Å². The van der Waals surface area contributed by atoms with Crippen LogP contribution in [0.5, 0.6) is 5.75 Å². The van der Waals surface area contributed by atoms with Gasteiger partial charge in [0.05, 0.1) is 32.4 Å². The average Bonchev–Trinajstić information content (AvgIpc) is 3.38. The molecule has 0 aliphatic carbocycles. The first-order valence-corrected chi connectivity index (χ1v) is 11.2. The number of methoxy groups -OCH3 is 1. The van der Waals surface area contributed by atoms with Crippen LogP contribution in [0.15, 0.2) is 42.5 Å². The molecule has 3 aliphatic heterocycles. The minimum atomic E-state index is -0.535. The molecule has 1 amide bonds. The summed E-state index contributed by atoms with van der Waals surface area (Å²) in [7, 11) is 1.60. The molecule has 2 fully saturated rings. The molecule has 8 heteroatoms. The largest absolute Gasteiger partial charge is 0.497 e. The molecule has 7 nitrogen and oxygen atoms in total. The van der Waals surface area contributed by atoms with Crippen LogP contribution in [0.2, 0.25) is 5.02 Å². The number of aldehydes is 1. The number of fused-ring (bicyclic) bond motifs is 1. The summed E-state index contributed by atoms with van der Waals surface area (Å²) in [5, 5.41) is 0.535. The number of hydrogen-bond acceptors (Lipinski definition) is 6. The predicted molar refractivity (Wildman–Crippen MR) is 119 cm³/mol. The van der Waals surface area contributed by atoms with Crippen molar-refractivity contribution in [3.05, 3.63) is 58.6 Å². The van der Waals surface area contributed by atoms with E-state index in [0.29, 0.717) is 61.2 Å². The second kappa shape index (κ2) is 8.48. The maximum atomic E-state index is 13.5. The van der Waals surface area contributed by atoms with Gasteiger partial charge in [-0.25, -0.2) is 0 Å². The zero-order valence-corrected chi connectivity index (χ0v) is 18.6. The quantitative estimate of drug-likeness (QED) is 0.642. The van der Waals surface area contributed by atoms with Crippen molar-refractivity contribution >= 4 is 29.5 Å². The Kier molecular flexibility index (Phi) is 5.67. The van der Waals surface area contributed by atoms with Crippen molar-refractivity contribution in [3.63, 3.8) is 0 Å². The number of nitrogens with zero attached hydrogens (tertiary/aromatic N) is 2. The van der Waals surface area contributed by atoms with Crippen LogP contribution in [0.4, 0.5) is 5.69 Å². The van der Waals surface area contributed by atoms with Gasteiger partial charge < -0.3 is 19.0 Å². The van der Waals surface area contributed by atoms with Crippen LogP contribution in [0.1, 0.15) is 34.8 Å². The molecule has 3 aliphatic rings. The van der Waals surface area contributed by atoms with Crippen LogP contribution in [0, 0.1) is 0 Å². The highest BCUT2D eigenvalue weighted by molar-refractivity contribution is 6.31. The van der Waals surface area contributed by atoms with E-state index in [1.54, 1.807) is 30.2 Å². The molecule has 1 spiro atoms. The Labute approximate surface area is 191 Å². The SMILES string of the molecule is COc1ccc(N2C(=O)c3ccc(Cl)cc3C2C(C=O)N2CCC3(CC2)OCCO3)cc1. The van der Waals surface area contributed by atoms with Gasteiger partial charge >= 0.3 is 0 Å². The van der Waals surface area contributed by atoms with Crippen LogP contribution >= 0.6 is 11.6 Å². The van der Waals surface area contributed by atoms with Crippen molar-refractivity contribution in [2.45, 2.75) is 30.7 Å². The monoisotopic (exact) mass is 456 g/mol. The van der Waals surface area contributed by atoms with Gasteiger partial charge in [-0.05, 0) is 48.0 Å². The summed E-state index contributed by atoms with van der Waals surface area (Å²) in [6.45, 7) is 2.48. The van der Waals surface area contributed by atoms with Crippen LogP contribution in [0.3, 0.4) is 0 Å². The van der Waals surface area contributed by atoms with E-state index in [9.17, 15) is 9.59 Å². The van der Waals surface area contributed by atoms with Gasteiger partial charge in [0.25, 0.3) is 5.91 Å². The Morgan fingerprint density at radius 3 is 2.44 bits per heavy atom.